The summed E-state index contributed by atoms with van der Waals surface area (Å²) in [7, 11) is 0. The molecule has 2 heterocycles. The number of nitrogens with two attached hydrogens (primary N) is 1. The highest BCUT2D eigenvalue weighted by Crippen LogP contribution is 2.54. The maximum Gasteiger partial charge on any atom is 0.416 e. The van der Waals surface area contributed by atoms with Gasteiger partial charge < -0.3 is 5.73 Å². The number of nitrogens with zero attached hydrogens (tertiary/aromatic N) is 1. The van der Waals surface area contributed by atoms with Crippen LogP contribution in [-0.2, 0) is 18.5 Å². The molecule has 0 spiro atoms. The predicted molar refractivity (Wildman–Crippen MR) is 157 cm³/mol. The molecule has 2 N–H and O–H groups in total. The van der Waals surface area contributed by atoms with E-state index in [1.807, 2.05) is 13.8 Å². The van der Waals surface area contributed by atoms with Crippen LogP contribution >= 0.6 is 11.8 Å². The number of thioether (sulfide) groups is 1. The molecule has 0 radical (unpaired) electrons. The minimum Gasteiger partial charge on any atom is -0.322 e. The van der Waals surface area contributed by atoms with Gasteiger partial charge in [-0.15, -0.1) is 0 Å². The second-order valence-corrected chi connectivity index (χ2v) is 13.2. The summed E-state index contributed by atoms with van der Waals surface area (Å²) in [4.78, 5) is 14.4. The molecule has 1 aromatic heterocycles. The third-order valence-electron chi connectivity index (χ3n) is 8.13. The molecule has 232 valence electrons. The van der Waals surface area contributed by atoms with Crippen LogP contribution in [0.5, 0.6) is 0 Å². The summed E-state index contributed by atoms with van der Waals surface area (Å²) in [6.07, 6.45) is -5.49. The zero-order chi connectivity index (χ0) is 32.4. The maximum absolute atomic E-state index is 15.8. The average Bonchev–Trinajstić information content (AvgIpc) is 3.22. The van der Waals surface area contributed by atoms with Gasteiger partial charge in [0.1, 0.15) is 11.6 Å². The molecule has 0 amide bonds. The summed E-state index contributed by atoms with van der Waals surface area (Å²) in [6, 6.07) is 13.2. The van der Waals surface area contributed by atoms with Gasteiger partial charge in [0.05, 0.1) is 33.8 Å². The molecule has 0 saturated carbocycles. The van der Waals surface area contributed by atoms with E-state index < -0.39 is 74.8 Å². The monoisotopic (exact) mass is 634 g/mol. The number of rotatable bonds is 6. The van der Waals surface area contributed by atoms with Gasteiger partial charge in [0.15, 0.2) is 0 Å². The second-order valence-electron chi connectivity index (χ2n) is 11.5. The Morgan fingerprint density at radius 2 is 1.52 bits per heavy atom. The quantitative estimate of drug-likeness (QED) is 0.216. The Morgan fingerprint density at radius 1 is 0.909 bits per heavy atom. The van der Waals surface area contributed by atoms with Crippen molar-refractivity contribution in [3.63, 3.8) is 0 Å². The molecule has 0 saturated heterocycles. The molecule has 3 nitrogen and oxygen atoms in total. The van der Waals surface area contributed by atoms with Crippen molar-refractivity contribution in [1.82, 2.24) is 4.57 Å². The van der Waals surface area contributed by atoms with E-state index in [0.717, 1.165) is 24.3 Å². The number of fused-ring (bicyclic) bond motifs is 1. The summed E-state index contributed by atoms with van der Waals surface area (Å²) in [6.45, 7) is 5.57. The highest BCUT2D eigenvalue weighted by Gasteiger charge is 2.47. The third-order valence-corrected chi connectivity index (χ3v) is 9.53. The van der Waals surface area contributed by atoms with E-state index in [0.29, 0.717) is 12.5 Å². The largest absolute Gasteiger partial charge is 0.416 e. The highest BCUT2D eigenvalue weighted by molar-refractivity contribution is 8.00. The van der Waals surface area contributed by atoms with Gasteiger partial charge in [-0.05, 0) is 49.6 Å². The molecule has 1 aliphatic heterocycles. The van der Waals surface area contributed by atoms with E-state index in [-0.39, 0.29) is 21.7 Å². The molecule has 5 rings (SSSR count). The number of halogens is 7. The van der Waals surface area contributed by atoms with Crippen molar-refractivity contribution in [2.45, 2.75) is 68.1 Å². The molecule has 2 atom stereocenters. The summed E-state index contributed by atoms with van der Waals surface area (Å²) in [5, 5.41) is 0.256. The Labute approximate surface area is 253 Å². The van der Waals surface area contributed by atoms with Gasteiger partial charge in [0, 0.05) is 29.2 Å². The summed E-state index contributed by atoms with van der Waals surface area (Å²) < 4.78 is 102. The van der Waals surface area contributed by atoms with Gasteiger partial charge in [-0.3, -0.25) is 9.36 Å². The van der Waals surface area contributed by atoms with Gasteiger partial charge in [0.2, 0.25) is 0 Å². The first-order chi connectivity index (χ1) is 20.4. The van der Waals surface area contributed by atoms with Crippen molar-refractivity contribution >= 4 is 11.8 Å². The molecule has 3 aromatic carbocycles. The van der Waals surface area contributed by atoms with Crippen molar-refractivity contribution in [3.8, 4) is 11.1 Å². The average molecular weight is 635 g/mol. The molecule has 0 aliphatic carbocycles. The number of alkyl halides is 5. The van der Waals surface area contributed by atoms with Crippen molar-refractivity contribution in [2.24, 2.45) is 5.73 Å². The molecular formula is C33H29F7N2OS. The normalized spacial score (nSPS) is 17.0. The molecule has 4 aromatic rings. The first-order valence-corrected chi connectivity index (χ1v) is 14.6. The van der Waals surface area contributed by atoms with Crippen LogP contribution in [0.1, 0.15) is 66.2 Å². The minimum atomic E-state index is -4.89. The Balaban J connectivity index is 1.86. The number of benzene rings is 3. The van der Waals surface area contributed by atoms with Crippen molar-refractivity contribution in [1.29, 1.82) is 0 Å². The first kappa shape index (κ1) is 31.8. The minimum absolute atomic E-state index is 0.0605. The summed E-state index contributed by atoms with van der Waals surface area (Å²) in [5.74, 6) is -6.03. The second kappa shape index (κ2) is 11.1. The predicted octanol–water partition coefficient (Wildman–Crippen LogP) is 8.95. The topological polar surface area (TPSA) is 48.0 Å². The Kier molecular flexibility index (Phi) is 8.03. The van der Waals surface area contributed by atoms with Crippen molar-refractivity contribution in [3.05, 3.63) is 122 Å². The van der Waals surface area contributed by atoms with Gasteiger partial charge in [-0.1, -0.05) is 66.4 Å². The number of hydrogen-bond donors (Lipinski definition) is 1. The van der Waals surface area contributed by atoms with E-state index in [4.69, 9.17) is 5.73 Å². The Hall–Kier alpha value is -3.57. The lowest BCUT2D eigenvalue weighted by atomic mass is 9.88. The smallest absolute Gasteiger partial charge is 0.322 e. The van der Waals surface area contributed by atoms with Crippen LogP contribution in [0.25, 0.3) is 11.1 Å². The molecule has 1 unspecified atom stereocenters. The van der Waals surface area contributed by atoms with Crippen molar-refractivity contribution in [2.75, 3.05) is 0 Å². The number of hydrogen-bond acceptors (Lipinski definition) is 3. The fourth-order valence-electron chi connectivity index (χ4n) is 6.03. The lowest BCUT2D eigenvalue weighted by Crippen LogP contribution is -2.39. The third kappa shape index (κ3) is 5.45. The van der Waals surface area contributed by atoms with Gasteiger partial charge >= 0.3 is 6.18 Å². The van der Waals surface area contributed by atoms with Gasteiger partial charge in [0.25, 0.3) is 11.5 Å². The fraction of sp³-hybridized carbons (Fsp3) is 0.303. The lowest BCUT2D eigenvalue weighted by Gasteiger charge is -2.32. The Morgan fingerprint density at radius 3 is 2.14 bits per heavy atom. The lowest BCUT2D eigenvalue weighted by molar-refractivity contribution is -0.138. The molecular weight excluding hydrogens is 605 g/mol. The van der Waals surface area contributed by atoms with E-state index >= 15 is 8.78 Å². The summed E-state index contributed by atoms with van der Waals surface area (Å²) in [5.41, 5.74) is 3.35. The van der Waals surface area contributed by atoms with Crippen LogP contribution < -0.4 is 11.3 Å². The molecule has 11 heteroatoms. The van der Waals surface area contributed by atoms with Crippen LogP contribution in [-0.4, -0.2) is 9.31 Å². The number of aromatic nitrogens is 1. The molecule has 44 heavy (non-hydrogen) atoms. The van der Waals surface area contributed by atoms with E-state index in [9.17, 15) is 26.7 Å². The Bertz CT molecular complexity index is 1790. The van der Waals surface area contributed by atoms with Gasteiger partial charge in [-0.2, -0.15) is 13.2 Å². The van der Waals surface area contributed by atoms with E-state index in [1.54, 1.807) is 30.3 Å². The first-order valence-electron chi connectivity index (χ1n) is 13.7. The zero-order valence-electron chi connectivity index (χ0n) is 24.2. The zero-order valence-corrected chi connectivity index (χ0v) is 25.0. The highest BCUT2D eigenvalue weighted by atomic mass is 32.2. The SMILES string of the molecule is Cc1c(Cc2c(F)cccc2C(F)(F)F)c2n(c(=O)c1-c1cccc(C(C)(F)F)c1F)[C@H](C(N)c1ccccc1)C(C)(C)S2. The summed E-state index contributed by atoms with van der Waals surface area (Å²) >= 11 is 1.20. The molecule has 0 fully saturated rings. The van der Waals surface area contributed by atoms with Gasteiger partial charge in [-0.25, -0.2) is 17.6 Å². The maximum atomic E-state index is 15.8. The van der Waals surface area contributed by atoms with E-state index in [2.05, 4.69) is 0 Å². The number of pyridine rings is 1. The molecule has 0 bridgehead atoms. The van der Waals surface area contributed by atoms with Crippen LogP contribution in [0, 0.1) is 18.6 Å². The standard InChI is InChI=1S/C33H29F7N2OS/c1-17-20(16-21-22(33(38,39)40)13-9-15-24(21)34)30-42(28(31(2,3)44-30)27(41)18-10-6-5-7-11-18)29(43)25(17)19-12-8-14-23(26(19)35)32(4,36)37/h5-15,27-28H,16,41H2,1-4H3/t27?,28-/m1/s1. The van der Waals surface area contributed by atoms with E-state index in [1.165, 1.54) is 35.4 Å². The van der Waals surface area contributed by atoms with Crippen LogP contribution in [0.3, 0.4) is 0 Å². The van der Waals surface area contributed by atoms with Crippen molar-refractivity contribution < 1.29 is 30.7 Å². The van der Waals surface area contributed by atoms with Crippen LogP contribution in [0.2, 0.25) is 0 Å². The van der Waals surface area contributed by atoms with Crippen LogP contribution in [0.15, 0.2) is 76.6 Å². The fourth-order valence-corrected chi connectivity index (χ4v) is 7.55. The molecule has 1 aliphatic rings. The van der Waals surface area contributed by atoms with Crippen LogP contribution in [0.4, 0.5) is 30.7 Å².